The van der Waals surface area contributed by atoms with E-state index >= 15 is 0 Å². The van der Waals surface area contributed by atoms with Gasteiger partial charge in [-0.3, -0.25) is 4.90 Å². The number of likely N-dealkylation sites (tertiary alicyclic amines) is 1. The second kappa shape index (κ2) is 3.35. The standard InChI is InChI=1S/C10H20N2/c1-8-2-3-10(6-8)12-5-4-9(11)7-12/h8-10H,2-7,11H2,1H3/t8?,9-,10?/m0/s1. The Labute approximate surface area is 75.1 Å². The molecule has 2 N–H and O–H groups in total. The van der Waals surface area contributed by atoms with E-state index in [4.69, 9.17) is 5.73 Å². The first kappa shape index (κ1) is 8.52. The topological polar surface area (TPSA) is 29.3 Å². The van der Waals surface area contributed by atoms with Crippen molar-refractivity contribution in [3.8, 4) is 0 Å². The lowest BCUT2D eigenvalue weighted by Gasteiger charge is -2.23. The van der Waals surface area contributed by atoms with Crippen molar-refractivity contribution in [1.82, 2.24) is 4.90 Å². The Balaban J connectivity index is 1.85. The molecule has 0 amide bonds. The van der Waals surface area contributed by atoms with Gasteiger partial charge in [0.15, 0.2) is 0 Å². The average Bonchev–Trinajstić information content (AvgIpc) is 2.58. The largest absolute Gasteiger partial charge is 0.326 e. The smallest absolute Gasteiger partial charge is 0.0180 e. The SMILES string of the molecule is CC1CCC(N2CC[C@H](N)C2)C1. The molecule has 2 unspecified atom stereocenters. The zero-order valence-electron chi connectivity index (χ0n) is 8.00. The Morgan fingerprint density at radius 2 is 2.08 bits per heavy atom. The predicted molar refractivity (Wildman–Crippen MR) is 51.0 cm³/mol. The number of rotatable bonds is 1. The quantitative estimate of drug-likeness (QED) is 0.637. The van der Waals surface area contributed by atoms with Crippen LogP contribution < -0.4 is 5.73 Å². The summed E-state index contributed by atoms with van der Waals surface area (Å²) in [5.74, 6) is 0.951. The third-order valence-electron chi connectivity index (χ3n) is 3.44. The van der Waals surface area contributed by atoms with Crippen molar-refractivity contribution >= 4 is 0 Å². The van der Waals surface area contributed by atoms with Crippen LogP contribution in [0.2, 0.25) is 0 Å². The molecule has 1 saturated heterocycles. The summed E-state index contributed by atoms with van der Waals surface area (Å²) in [6.07, 6.45) is 5.46. The van der Waals surface area contributed by atoms with Gasteiger partial charge in [-0.15, -0.1) is 0 Å². The van der Waals surface area contributed by atoms with Crippen LogP contribution in [0.5, 0.6) is 0 Å². The van der Waals surface area contributed by atoms with E-state index in [-0.39, 0.29) is 0 Å². The second-order valence-corrected chi connectivity index (χ2v) is 4.62. The average molecular weight is 168 g/mol. The van der Waals surface area contributed by atoms with E-state index in [2.05, 4.69) is 11.8 Å². The van der Waals surface area contributed by atoms with Gasteiger partial charge in [-0.25, -0.2) is 0 Å². The minimum absolute atomic E-state index is 0.459. The van der Waals surface area contributed by atoms with Crippen molar-refractivity contribution in [1.29, 1.82) is 0 Å². The lowest BCUT2D eigenvalue weighted by atomic mass is 10.1. The summed E-state index contributed by atoms with van der Waals surface area (Å²) < 4.78 is 0. The van der Waals surface area contributed by atoms with Crippen LogP contribution in [-0.2, 0) is 0 Å². The first-order valence-corrected chi connectivity index (χ1v) is 5.25. The molecule has 0 spiro atoms. The molecule has 2 fully saturated rings. The van der Waals surface area contributed by atoms with Gasteiger partial charge in [0.05, 0.1) is 0 Å². The molecule has 2 rings (SSSR count). The fourth-order valence-corrected chi connectivity index (χ4v) is 2.66. The van der Waals surface area contributed by atoms with E-state index in [0.29, 0.717) is 6.04 Å². The van der Waals surface area contributed by atoms with Crippen LogP contribution in [0.15, 0.2) is 0 Å². The summed E-state index contributed by atoms with van der Waals surface area (Å²) in [5, 5.41) is 0. The molecule has 70 valence electrons. The van der Waals surface area contributed by atoms with E-state index in [1.54, 1.807) is 0 Å². The first-order chi connectivity index (χ1) is 5.75. The number of nitrogens with zero attached hydrogens (tertiary/aromatic N) is 1. The molecule has 0 aromatic heterocycles. The molecular formula is C10H20N2. The van der Waals surface area contributed by atoms with Crippen molar-refractivity contribution in [3.63, 3.8) is 0 Å². The van der Waals surface area contributed by atoms with Gasteiger partial charge < -0.3 is 5.73 Å². The van der Waals surface area contributed by atoms with Gasteiger partial charge in [-0.05, 0) is 31.6 Å². The van der Waals surface area contributed by atoms with Gasteiger partial charge in [0.25, 0.3) is 0 Å². The van der Waals surface area contributed by atoms with Crippen molar-refractivity contribution in [2.24, 2.45) is 11.7 Å². The van der Waals surface area contributed by atoms with Crippen LogP contribution in [0.1, 0.15) is 32.6 Å². The lowest BCUT2D eigenvalue weighted by molar-refractivity contribution is 0.239. The zero-order chi connectivity index (χ0) is 8.55. The minimum atomic E-state index is 0.459. The normalized spacial score (nSPS) is 44.0. The highest BCUT2D eigenvalue weighted by atomic mass is 15.2. The van der Waals surface area contributed by atoms with Crippen LogP contribution in [-0.4, -0.2) is 30.1 Å². The fraction of sp³-hybridized carbons (Fsp3) is 1.00. The van der Waals surface area contributed by atoms with Gasteiger partial charge in [0, 0.05) is 25.2 Å². The molecule has 1 heterocycles. The summed E-state index contributed by atoms with van der Waals surface area (Å²) in [7, 11) is 0. The molecule has 1 saturated carbocycles. The Morgan fingerprint density at radius 1 is 1.25 bits per heavy atom. The van der Waals surface area contributed by atoms with Gasteiger partial charge in [0.2, 0.25) is 0 Å². The summed E-state index contributed by atoms with van der Waals surface area (Å²) in [4.78, 5) is 2.61. The molecule has 2 aliphatic rings. The second-order valence-electron chi connectivity index (χ2n) is 4.62. The molecule has 0 radical (unpaired) electrons. The summed E-state index contributed by atoms with van der Waals surface area (Å²) in [5.41, 5.74) is 5.89. The molecule has 0 aromatic carbocycles. The van der Waals surface area contributed by atoms with E-state index in [1.165, 1.54) is 32.2 Å². The zero-order valence-corrected chi connectivity index (χ0v) is 8.00. The van der Waals surface area contributed by atoms with Gasteiger partial charge in [0.1, 0.15) is 0 Å². The van der Waals surface area contributed by atoms with Crippen molar-refractivity contribution < 1.29 is 0 Å². The third kappa shape index (κ3) is 1.64. The van der Waals surface area contributed by atoms with Crippen molar-refractivity contribution in [2.45, 2.75) is 44.7 Å². The molecule has 0 aromatic rings. The third-order valence-corrected chi connectivity index (χ3v) is 3.44. The van der Waals surface area contributed by atoms with E-state index in [0.717, 1.165) is 18.5 Å². The highest BCUT2D eigenvalue weighted by Gasteiger charge is 2.30. The van der Waals surface area contributed by atoms with Crippen LogP contribution in [0, 0.1) is 5.92 Å². The van der Waals surface area contributed by atoms with Gasteiger partial charge in [-0.1, -0.05) is 6.92 Å². The van der Waals surface area contributed by atoms with Gasteiger partial charge in [-0.2, -0.15) is 0 Å². The van der Waals surface area contributed by atoms with Crippen LogP contribution in [0.25, 0.3) is 0 Å². The van der Waals surface area contributed by atoms with Crippen molar-refractivity contribution in [2.75, 3.05) is 13.1 Å². The number of hydrogen-bond donors (Lipinski definition) is 1. The number of nitrogens with two attached hydrogens (primary N) is 1. The van der Waals surface area contributed by atoms with E-state index in [9.17, 15) is 0 Å². The van der Waals surface area contributed by atoms with Crippen LogP contribution in [0.4, 0.5) is 0 Å². The minimum Gasteiger partial charge on any atom is -0.326 e. The Kier molecular flexibility index (Phi) is 2.37. The van der Waals surface area contributed by atoms with Crippen molar-refractivity contribution in [3.05, 3.63) is 0 Å². The number of hydrogen-bond acceptors (Lipinski definition) is 2. The Hall–Kier alpha value is -0.0800. The highest BCUT2D eigenvalue weighted by Crippen LogP contribution is 2.30. The van der Waals surface area contributed by atoms with E-state index in [1.807, 2.05) is 0 Å². The monoisotopic (exact) mass is 168 g/mol. The van der Waals surface area contributed by atoms with E-state index < -0.39 is 0 Å². The molecule has 0 bridgehead atoms. The molecule has 2 heteroatoms. The Morgan fingerprint density at radius 3 is 2.58 bits per heavy atom. The summed E-state index contributed by atoms with van der Waals surface area (Å²) in [6.45, 7) is 4.77. The lowest BCUT2D eigenvalue weighted by Crippen LogP contribution is -2.33. The molecule has 12 heavy (non-hydrogen) atoms. The molecule has 2 nitrogen and oxygen atoms in total. The van der Waals surface area contributed by atoms with Crippen LogP contribution >= 0.6 is 0 Å². The first-order valence-electron chi connectivity index (χ1n) is 5.25. The molecule has 1 aliphatic carbocycles. The Bertz CT molecular complexity index is 140. The predicted octanol–water partition coefficient (Wildman–Crippen LogP) is 1.21. The fourth-order valence-electron chi connectivity index (χ4n) is 2.66. The van der Waals surface area contributed by atoms with Crippen LogP contribution in [0.3, 0.4) is 0 Å². The maximum atomic E-state index is 5.89. The summed E-state index contributed by atoms with van der Waals surface area (Å²) >= 11 is 0. The maximum Gasteiger partial charge on any atom is 0.0180 e. The highest BCUT2D eigenvalue weighted by molar-refractivity contribution is 4.87. The maximum absolute atomic E-state index is 5.89. The summed E-state index contributed by atoms with van der Waals surface area (Å²) in [6, 6.07) is 1.33. The molecular weight excluding hydrogens is 148 g/mol. The molecule has 1 aliphatic heterocycles. The van der Waals surface area contributed by atoms with Gasteiger partial charge >= 0.3 is 0 Å². The molecule has 3 atom stereocenters.